The molecule has 3 aromatic rings. The zero-order valence-electron chi connectivity index (χ0n) is 19.1. The fraction of sp³-hybridized carbons (Fsp3) is 0.286. The molecule has 0 aromatic heterocycles. The molecule has 0 unspecified atom stereocenters. The molecular formula is C28H30N2O4. The Labute approximate surface area is 200 Å². The Morgan fingerprint density at radius 2 is 1.44 bits per heavy atom. The first-order valence-corrected chi connectivity index (χ1v) is 11.7. The SMILES string of the molecule is NCCCC[C@@H](NC(=O)OCc1ccccc1)C(=O)OCC1c2ccccc2-c2ccccc21. The van der Waals surface area contributed by atoms with Crippen LogP contribution in [0.4, 0.5) is 4.79 Å². The zero-order chi connectivity index (χ0) is 23.8. The van der Waals surface area contributed by atoms with Crippen LogP contribution in [0.3, 0.4) is 0 Å². The van der Waals surface area contributed by atoms with Gasteiger partial charge in [-0.15, -0.1) is 0 Å². The van der Waals surface area contributed by atoms with Crippen molar-refractivity contribution in [1.82, 2.24) is 5.32 Å². The van der Waals surface area contributed by atoms with Gasteiger partial charge in [-0.05, 0) is 53.6 Å². The first kappa shape index (κ1) is 23.5. The number of esters is 1. The van der Waals surface area contributed by atoms with Gasteiger partial charge in [0, 0.05) is 5.92 Å². The van der Waals surface area contributed by atoms with E-state index >= 15 is 0 Å². The zero-order valence-corrected chi connectivity index (χ0v) is 19.1. The van der Waals surface area contributed by atoms with E-state index in [9.17, 15) is 9.59 Å². The number of unbranched alkanes of at least 4 members (excludes halogenated alkanes) is 1. The van der Waals surface area contributed by atoms with Gasteiger partial charge in [-0.2, -0.15) is 0 Å². The van der Waals surface area contributed by atoms with Crippen LogP contribution in [-0.4, -0.2) is 31.3 Å². The van der Waals surface area contributed by atoms with E-state index in [1.807, 2.05) is 54.6 Å². The second kappa shape index (κ2) is 11.5. The number of ether oxygens (including phenoxy) is 2. The minimum absolute atomic E-state index is 0.0360. The highest BCUT2D eigenvalue weighted by Gasteiger charge is 2.30. The maximum absolute atomic E-state index is 13.0. The monoisotopic (exact) mass is 458 g/mol. The number of benzene rings is 3. The Bertz CT molecular complexity index is 1070. The molecule has 1 aliphatic rings. The largest absolute Gasteiger partial charge is 0.463 e. The molecule has 6 nitrogen and oxygen atoms in total. The number of amides is 1. The summed E-state index contributed by atoms with van der Waals surface area (Å²) in [5.74, 6) is -0.499. The number of nitrogens with one attached hydrogen (secondary N) is 1. The van der Waals surface area contributed by atoms with Crippen molar-refractivity contribution >= 4 is 12.1 Å². The first-order valence-electron chi connectivity index (χ1n) is 11.7. The number of hydrogen-bond donors (Lipinski definition) is 2. The van der Waals surface area contributed by atoms with Crippen molar-refractivity contribution in [3.05, 3.63) is 95.6 Å². The lowest BCUT2D eigenvalue weighted by molar-refractivity contribution is -0.146. The van der Waals surface area contributed by atoms with Crippen molar-refractivity contribution in [3.8, 4) is 11.1 Å². The average molecular weight is 459 g/mol. The topological polar surface area (TPSA) is 90.6 Å². The van der Waals surface area contributed by atoms with Crippen LogP contribution in [0.1, 0.15) is 41.9 Å². The van der Waals surface area contributed by atoms with Crippen LogP contribution >= 0.6 is 0 Å². The second-order valence-corrected chi connectivity index (χ2v) is 8.40. The van der Waals surface area contributed by atoms with Crippen LogP contribution < -0.4 is 11.1 Å². The van der Waals surface area contributed by atoms with Crippen molar-refractivity contribution in [2.45, 2.75) is 37.8 Å². The van der Waals surface area contributed by atoms with Crippen LogP contribution in [0.5, 0.6) is 0 Å². The van der Waals surface area contributed by atoms with Crippen LogP contribution in [-0.2, 0) is 20.9 Å². The number of carbonyl (C=O) groups is 2. The molecule has 4 rings (SSSR count). The third-order valence-corrected chi connectivity index (χ3v) is 6.09. The van der Waals surface area contributed by atoms with Gasteiger partial charge in [0.05, 0.1) is 0 Å². The lowest BCUT2D eigenvalue weighted by Gasteiger charge is -2.20. The third kappa shape index (κ3) is 5.64. The minimum atomic E-state index is -0.790. The van der Waals surface area contributed by atoms with Gasteiger partial charge >= 0.3 is 12.1 Å². The predicted molar refractivity (Wildman–Crippen MR) is 131 cm³/mol. The van der Waals surface area contributed by atoms with Crippen LogP contribution in [0.2, 0.25) is 0 Å². The molecule has 176 valence electrons. The normalized spacial score (nSPS) is 13.0. The smallest absolute Gasteiger partial charge is 0.408 e. The van der Waals surface area contributed by atoms with E-state index in [-0.39, 0.29) is 19.1 Å². The third-order valence-electron chi connectivity index (χ3n) is 6.09. The Balaban J connectivity index is 1.39. The molecule has 1 aliphatic carbocycles. The summed E-state index contributed by atoms with van der Waals surface area (Å²) in [6, 6.07) is 25.0. The van der Waals surface area contributed by atoms with Crippen LogP contribution in [0.15, 0.2) is 78.9 Å². The number of fused-ring (bicyclic) bond motifs is 3. The highest BCUT2D eigenvalue weighted by molar-refractivity contribution is 5.82. The predicted octanol–water partition coefficient (Wildman–Crippen LogP) is 4.77. The van der Waals surface area contributed by atoms with Gasteiger partial charge in [0.2, 0.25) is 0 Å². The molecule has 1 amide bonds. The maximum atomic E-state index is 13.0. The molecule has 0 aliphatic heterocycles. The highest BCUT2D eigenvalue weighted by Crippen LogP contribution is 2.44. The van der Waals surface area contributed by atoms with Gasteiger partial charge < -0.3 is 20.5 Å². The summed E-state index contributed by atoms with van der Waals surface area (Å²) in [5, 5.41) is 2.68. The van der Waals surface area contributed by atoms with E-state index in [1.165, 1.54) is 11.1 Å². The molecule has 0 fully saturated rings. The summed E-state index contributed by atoms with van der Waals surface area (Å²) < 4.78 is 11.1. The van der Waals surface area contributed by atoms with Crippen molar-refractivity contribution in [2.75, 3.05) is 13.2 Å². The fourth-order valence-corrected chi connectivity index (χ4v) is 4.35. The summed E-state index contributed by atoms with van der Waals surface area (Å²) in [6.45, 7) is 0.865. The first-order chi connectivity index (χ1) is 16.7. The highest BCUT2D eigenvalue weighted by atomic mass is 16.6. The Morgan fingerprint density at radius 3 is 2.09 bits per heavy atom. The van der Waals surface area contributed by atoms with Gasteiger partial charge in [0.15, 0.2) is 0 Å². The van der Waals surface area contributed by atoms with Gasteiger partial charge in [-0.3, -0.25) is 0 Å². The van der Waals surface area contributed by atoms with Crippen molar-refractivity contribution in [2.24, 2.45) is 5.73 Å². The maximum Gasteiger partial charge on any atom is 0.408 e. The number of alkyl carbamates (subject to hydrolysis) is 1. The second-order valence-electron chi connectivity index (χ2n) is 8.40. The molecule has 0 saturated heterocycles. The fourth-order valence-electron chi connectivity index (χ4n) is 4.35. The van der Waals surface area contributed by atoms with Crippen LogP contribution in [0.25, 0.3) is 11.1 Å². The quantitative estimate of drug-likeness (QED) is 0.337. The van der Waals surface area contributed by atoms with Crippen molar-refractivity contribution in [3.63, 3.8) is 0 Å². The van der Waals surface area contributed by atoms with Crippen LogP contribution in [0, 0.1) is 0 Å². The number of nitrogens with two attached hydrogens (primary N) is 1. The molecule has 0 heterocycles. The summed E-state index contributed by atoms with van der Waals surface area (Å²) in [6.07, 6.45) is 1.25. The summed E-state index contributed by atoms with van der Waals surface area (Å²) in [7, 11) is 0. The van der Waals surface area contributed by atoms with E-state index in [1.54, 1.807) is 0 Å². The molecule has 3 aromatic carbocycles. The minimum Gasteiger partial charge on any atom is -0.463 e. The Kier molecular flexibility index (Phi) is 7.94. The summed E-state index contributed by atoms with van der Waals surface area (Å²) in [4.78, 5) is 25.4. The lowest BCUT2D eigenvalue weighted by Crippen LogP contribution is -2.42. The Hall–Kier alpha value is -3.64. The van der Waals surface area contributed by atoms with Gasteiger partial charge in [0.25, 0.3) is 0 Å². The molecule has 0 spiro atoms. The number of rotatable bonds is 10. The average Bonchev–Trinajstić information content (AvgIpc) is 3.20. The molecule has 3 N–H and O–H groups in total. The van der Waals surface area contributed by atoms with Crippen molar-refractivity contribution < 1.29 is 19.1 Å². The Morgan fingerprint density at radius 1 is 0.824 bits per heavy atom. The van der Waals surface area contributed by atoms with Gasteiger partial charge in [0.1, 0.15) is 19.3 Å². The van der Waals surface area contributed by atoms with E-state index in [2.05, 4.69) is 29.6 Å². The van der Waals surface area contributed by atoms with E-state index < -0.39 is 18.1 Å². The van der Waals surface area contributed by atoms with Crippen molar-refractivity contribution in [1.29, 1.82) is 0 Å². The van der Waals surface area contributed by atoms with E-state index in [0.29, 0.717) is 19.4 Å². The standard InChI is InChI=1S/C28H30N2O4/c29-17-9-8-16-26(30-28(32)34-18-20-10-2-1-3-11-20)27(31)33-19-25-23-14-6-4-12-21(23)22-13-5-7-15-24(22)25/h1-7,10-15,25-26H,8-9,16-19,29H2,(H,30,32)/t26-/m1/s1. The van der Waals surface area contributed by atoms with E-state index in [0.717, 1.165) is 23.1 Å². The molecular weight excluding hydrogens is 428 g/mol. The molecule has 0 radical (unpaired) electrons. The molecule has 1 atom stereocenters. The summed E-state index contributed by atoms with van der Waals surface area (Å²) >= 11 is 0. The molecule has 6 heteroatoms. The number of hydrogen-bond acceptors (Lipinski definition) is 5. The molecule has 0 saturated carbocycles. The molecule has 0 bridgehead atoms. The number of carbonyl (C=O) groups excluding carboxylic acids is 2. The van der Waals surface area contributed by atoms with Gasteiger partial charge in [-0.1, -0.05) is 78.9 Å². The lowest BCUT2D eigenvalue weighted by atomic mass is 9.98. The van der Waals surface area contributed by atoms with E-state index in [4.69, 9.17) is 15.2 Å². The summed E-state index contributed by atoms with van der Waals surface area (Å²) in [5.41, 5.74) is 11.1. The van der Waals surface area contributed by atoms with Gasteiger partial charge in [-0.25, -0.2) is 9.59 Å². The molecule has 34 heavy (non-hydrogen) atoms.